The number of aromatic nitrogens is 2. The summed E-state index contributed by atoms with van der Waals surface area (Å²) in [7, 11) is 0. The molecule has 0 radical (unpaired) electrons. The Bertz CT molecular complexity index is 1070. The standard InChI is InChI=1S/C20H20F2N6O2S/c21-14-4-3-13(10-15(14)22)25-17(29)11-24-18(30)12-27-6-8-28(9-7-27)20-26-16-2-1-5-23-19(16)31-20/h1-5,10H,6-9,11-12H2,(H,24,30)(H,25,29). The number of nitrogens with zero attached hydrogens (tertiary/aromatic N) is 4. The maximum atomic E-state index is 13.2. The fraction of sp³-hybridized carbons (Fsp3) is 0.300. The third-order valence-electron chi connectivity index (χ3n) is 4.81. The number of nitrogens with one attached hydrogen (secondary N) is 2. The average Bonchev–Trinajstić information content (AvgIpc) is 3.20. The molecule has 1 aliphatic rings. The number of thiazole rings is 1. The first kappa shape index (κ1) is 21.1. The number of rotatable bonds is 6. The van der Waals surface area contributed by atoms with Gasteiger partial charge in [-0.3, -0.25) is 14.5 Å². The number of pyridine rings is 1. The van der Waals surface area contributed by atoms with Gasteiger partial charge in [-0.05, 0) is 24.3 Å². The van der Waals surface area contributed by atoms with E-state index in [9.17, 15) is 18.4 Å². The molecule has 2 amide bonds. The number of hydrogen-bond donors (Lipinski definition) is 2. The number of piperazine rings is 1. The smallest absolute Gasteiger partial charge is 0.243 e. The van der Waals surface area contributed by atoms with Gasteiger partial charge >= 0.3 is 0 Å². The minimum Gasteiger partial charge on any atom is -0.346 e. The second-order valence-corrected chi connectivity index (χ2v) is 8.00. The minimum absolute atomic E-state index is 0.124. The maximum Gasteiger partial charge on any atom is 0.243 e. The molecule has 1 saturated heterocycles. The van der Waals surface area contributed by atoms with Crippen LogP contribution in [0.3, 0.4) is 0 Å². The summed E-state index contributed by atoms with van der Waals surface area (Å²) in [6.07, 6.45) is 1.75. The number of fused-ring (bicyclic) bond motifs is 1. The van der Waals surface area contributed by atoms with E-state index in [4.69, 9.17) is 0 Å². The lowest BCUT2D eigenvalue weighted by Gasteiger charge is -2.34. The van der Waals surface area contributed by atoms with Crippen LogP contribution >= 0.6 is 11.3 Å². The second kappa shape index (κ2) is 9.31. The summed E-state index contributed by atoms with van der Waals surface area (Å²) in [6, 6.07) is 6.86. The van der Waals surface area contributed by atoms with E-state index in [1.807, 2.05) is 17.0 Å². The van der Waals surface area contributed by atoms with Crippen LogP contribution in [0.15, 0.2) is 36.5 Å². The first-order valence-corrected chi connectivity index (χ1v) is 10.5. The molecule has 3 aromatic rings. The Labute approximate surface area is 180 Å². The number of hydrogen-bond acceptors (Lipinski definition) is 7. The zero-order valence-electron chi connectivity index (χ0n) is 16.5. The van der Waals surface area contributed by atoms with Gasteiger partial charge in [-0.2, -0.15) is 0 Å². The monoisotopic (exact) mass is 446 g/mol. The molecule has 2 aromatic heterocycles. The van der Waals surface area contributed by atoms with E-state index in [2.05, 4.69) is 25.5 Å². The van der Waals surface area contributed by atoms with Gasteiger partial charge in [0.2, 0.25) is 11.8 Å². The summed E-state index contributed by atoms with van der Waals surface area (Å²) >= 11 is 1.55. The summed E-state index contributed by atoms with van der Waals surface area (Å²) in [6.45, 7) is 2.79. The fourth-order valence-electron chi connectivity index (χ4n) is 3.21. The molecule has 3 heterocycles. The number of amides is 2. The molecule has 1 aromatic carbocycles. The fourth-order valence-corrected chi connectivity index (χ4v) is 4.17. The van der Waals surface area contributed by atoms with Crippen LogP contribution in [-0.4, -0.2) is 66.0 Å². The predicted octanol–water partition coefficient (Wildman–Crippen LogP) is 1.85. The van der Waals surface area contributed by atoms with E-state index >= 15 is 0 Å². The van der Waals surface area contributed by atoms with Crippen molar-refractivity contribution in [1.82, 2.24) is 20.2 Å². The van der Waals surface area contributed by atoms with Crippen molar-refractivity contribution in [2.45, 2.75) is 0 Å². The van der Waals surface area contributed by atoms with E-state index in [1.165, 1.54) is 6.07 Å². The third-order valence-corrected chi connectivity index (χ3v) is 5.85. The van der Waals surface area contributed by atoms with Crippen molar-refractivity contribution in [3.05, 3.63) is 48.2 Å². The molecule has 1 fully saturated rings. The molecule has 31 heavy (non-hydrogen) atoms. The van der Waals surface area contributed by atoms with Crippen molar-refractivity contribution < 1.29 is 18.4 Å². The lowest BCUT2D eigenvalue weighted by atomic mass is 10.3. The topological polar surface area (TPSA) is 90.5 Å². The van der Waals surface area contributed by atoms with Gasteiger partial charge in [0.25, 0.3) is 0 Å². The number of carbonyl (C=O) groups is 2. The summed E-state index contributed by atoms with van der Waals surface area (Å²) < 4.78 is 26.1. The third kappa shape index (κ3) is 5.30. The van der Waals surface area contributed by atoms with Crippen LogP contribution in [0.25, 0.3) is 10.3 Å². The number of anilines is 2. The molecule has 0 bridgehead atoms. The maximum absolute atomic E-state index is 13.2. The number of halogens is 2. The van der Waals surface area contributed by atoms with Crippen molar-refractivity contribution in [2.75, 3.05) is 49.5 Å². The first-order chi connectivity index (χ1) is 15.0. The molecule has 0 aliphatic carbocycles. The second-order valence-electron chi connectivity index (χ2n) is 7.04. The highest BCUT2D eigenvalue weighted by atomic mass is 32.1. The number of carbonyl (C=O) groups excluding carboxylic acids is 2. The zero-order valence-corrected chi connectivity index (χ0v) is 17.3. The SMILES string of the molecule is O=C(CN1CCN(c2nc3cccnc3s2)CC1)NCC(=O)Nc1ccc(F)c(F)c1. The van der Waals surface area contributed by atoms with Crippen LogP contribution in [0, 0.1) is 11.6 Å². The van der Waals surface area contributed by atoms with E-state index in [0.717, 1.165) is 40.7 Å². The summed E-state index contributed by atoms with van der Waals surface area (Å²) in [5.41, 5.74) is 1.00. The molecule has 0 spiro atoms. The molecule has 4 rings (SSSR count). The molecule has 162 valence electrons. The van der Waals surface area contributed by atoms with Gasteiger partial charge in [0, 0.05) is 44.1 Å². The summed E-state index contributed by atoms with van der Waals surface area (Å²) in [5.74, 6) is -2.85. The zero-order chi connectivity index (χ0) is 21.8. The van der Waals surface area contributed by atoms with Crippen molar-refractivity contribution in [1.29, 1.82) is 0 Å². The van der Waals surface area contributed by atoms with Crippen molar-refractivity contribution in [3.8, 4) is 0 Å². The van der Waals surface area contributed by atoms with E-state index < -0.39 is 17.5 Å². The molecular weight excluding hydrogens is 426 g/mol. The van der Waals surface area contributed by atoms with Gasteiger partial charge in [0.05, 0.1) is 13.1 Å². The molecule has 2 N–H and O–H groups in total. The Morgan fingerprint density at radius 3 is 2.61 bits per heavy atom. The molecule has 0 atom stereocenters. The van der Waals surface area contributed by atoms with Crippen LogP contribution < -0.4 is 15.5 Å². The largest absolute Gasteiger partial charge is 0.346 e. The Hall–Kier alpha value is -3.18. The number of benzene rings is 1. The Balaban J connectivity index is 1.20. The average molecular weight is 446 g/mol. The van der Waals surface area contributed by atoms with Gasteiger partial charge < -0.3 is 15.5 Å². The van der Waals surface area contributed by atoms with Crippen LogP contribution in [0.5, 0.6) is 0 Å². The quantitative estimate of drug-likeness (QED) is 0.601. The van der Waals surface area contributed by atoms with Gasteiger partial charge in [-0.1, -0.05) is 11.3 Å². The van der Waals surface area contributed by atoms with Gasteiger partial charge in [0.1, 0.15) is 10.3 Å². The normalized spacial score (nSPS) is 14.6. The van der Waals surface area contributed by atoms with Crippen LogP contribution in [0.1, 0.15) is 0 Å². The molecular formula is C20H20F2N6O2S. The molecule has 0 saturated carbocycles. The van der Waals surface area contributed by atoms with E-state index in [0.29, 0.717) is 13.1 Å². The lowest BCUT2D eigenvalue weighted by Crippen LogP contribution is -2.50. The van der Waals surface area contributed by atoms with Crippen molar-refractivity contribution in [3.63, 3.8) is 0 Å². The van der Waals surface area contributed by atoms with Crippen molar-refractivity contribution >= 4 is 44.3 Å². The first-order valence-electron chi connectivity index (χ1n) is 9.68. The van der Waals surface area contributed by atoms with Gasteiger partial charge in [-0.15, -0.1) is 0 Å². The van der Waals surface area contributed by atoms with Gasteiger partial charge in [-0.25, -0.2) is 18.7 Å². The summed E-state index contributed by atoms with van der Waals surface area (Å²) in [4.78, 5) is 38.1. The Morgan fingerprint density at radius 2 is 1.87 bits per heavy atom. The van der Waals surface area contributed by atoms with Crippen molar-refractivity contribution in [2.24, 2.45) is 0 Å². The Morgan fingerprint density at radius 1 is 1.06 bits per heavy atom. The predicted molar refractivity (Wildman–Crippen MR) is 114 cm³/mol. The molecule has 8 nitrogen and oxygen atoms in total. The van der Waals surface area contributed by atoms with E-state index in [1.54, 1.807) is 17.5 Å². The highest BCUT2D eigenvalue weighted by Gasteiger charge is 2.21. The summed E-state index contributed by atoms with van der Waals surface area (Å²) in [5, 5.41) is 5.88. The minimum atomic E-state index is -1.05. The van der Waals surface area contributed by atoms with E-state index in [-0.39, 0.29) is 24.7 Å². The van der Waals surface area contributed by atoms with Gasteiger partial charge in [0.15, 0.2) is 16.8 Å². The van der Waals surface area contributed by atoms with Crippen LogP contribution in [0.4, 0.5) is 19.6 Å². The molecule has 0 unspecified atom stereocenters. The molecule has 11 heteroatoms. The van der Waals surface area contributed by atoms with Crippen LogP contribution in [-0.2, 0) is 9.59 Å². The Kier molecular flexibility index (Phi) is 6.33. The lowest BCUT2D eigenvalue weighted by molar-refractivity contribution is -0.125. The van der Waals surface area contributed by atoms with Crippen LogP contribution in [0.2, 0.25) is 0 Å². The highest BCUT2D eigenvalue weighted by Crippen LogP contribution is 2.27. The highest BCUT2D eigenvalue weighted by molar-refractivity contribution is 7.21. The molecule has 1 aliphatic heterocycles.